The molecule has 0 amide bonds. The van der Waals surface area contributed by atoms with E-state index in [9.17, 15) is 9.18 Å². The Morgan fingerprint density at radius 3 is 2.93 bits per heavy atom. The van der Waals surface area contributed by atoms with Gasteiger partial charge in [-0.25, -0.2) is 9.18 Å². The molecule has 0 fully saturated rings. The molecule has 80 valence electrons. The van der Waals surface area contributed by atoms with Gasteiger partial charge in [0.25, 0.3) is 0 Å². The minimum Gasteiger partial charge on any atom is -0.463 e. The van der Waals surface area contributed by atoms with Gasteiger partial charge in [-0.3, -0.25) is 0 Å². The van der Waals surface area contributed by atoms with Gasteiger partial charge >= 0.3 is 5.97 Å². The van der Waals surface area contributed by atoms with Crippen molar-refractivity contribution in [3.8, 4) is 0 Å². The number of hydrogen-bond acceptors (Lipinski definition) is 2. The summed E-state index contributed by atoms with van der Waals surface area (Å²) < 4.78 is 18.1. The van der Waals surface area contributed by atoms with Crippen molar-refractivity contribution in [3.63, 3.8) is 0 Å². The Bertz CT molecular complexity index is 388. The van der Waals surface area contributed by atoms with Crippen molar-refractivity contribution in [2.75, 3.05) is 6.61 Å². The molecular formula is C11H10BrFO2. The molecule has 1 aromatic carbocycles. The van der Waals surface area contributed by atoms with Crippen LogP contribution in [0.2, 0.25) is 0 Å². The van der Waals surface area contributed by atoms with Gasteiger partial charge in [0.05, 0.1) is 11.1 Å². The van der Waals surface area contributed by atoms with Crippen LogP contribution in [0, 0.1) is 5.82 Å². The molecular weight excluding hydrogens is 263 g/mol. The SMILES string of the molecule is CCOC(=O)/C=C/c1ccc(Br)c(F)c1. The summed E-state index contributed by atoms with van der Waals surface area (Å²) in [5.74, 6) is -0.790. The number of carbonyl (C=O) groups is 1. The molecule has 15 heavy (non-hydrogen) atoms. The number of esters is 1. The maximum Gasteiger partial charge on any atom is 0.330 e. The molecule has 0 saturated carbocycles. The summed E-state index contributed by atoms with van der Waals surface area (Å²) >= 11 is 3.04. The van der Waals surface area contributed by atoms with Gasteiger partial charge in [-0.2, -0.15) is 0 Å². The molecule has 0 aliphatic carbocycles. The number of ether oxygens (including phenoxy) is 1. The molecule has 0 unspecified atom stereocenters. The number of hydrogen-bond donors (Lipinski definition) is 0. The quantitative estimate of drug-likeness (QED) is 0.624. The highest BCUT2D eigenvalue weighted by atomic mass is 79.9. The molecule has 1 rings (SSSR count). The van der Waals surface area contributed by atoms with Crippen LogP contribution in [0.15, 0.2) is 28.7 Å². The van der Waals surface area contributed by atoms with Gasteiger partial charge in [0.2, 0.25) is 0 Å². The zero-order valence-electron chi connectivity index (χ0n) is 8.17. The Kier molecular flexibility index (Phi) is 4.49. The lowest BCUT2D eigenvalue weighted by Crippen LogP contribution is -1.98. The van der Waals surface area contributed by atoms with Crippen LogP contribution in [0.1, 0.15) is 12.5 Å². The number of carbonyl (C=O) groups excluding carboxylic acids is 1. The fourth-order valence-corrected chi connectivity index (χ4v) is 1.22. The van der Waals surface area contributed by atoms with Gasteiger partial charge in [0.15, 0.2) is 0 Å². The summed E-state index contributed by atoms with van der Waals surface area (Å²) in [4.78, 5) is 11.0. The van der Waals surface area contributed by atoms with Crippen LogP contribution in [0.5, 0.6) is 0 Å². The fraction of sp³-hybridized carbons (Fsp3) is 0.182. The Morgan fingerprint density at radius 2 is 2.33 bits per heavy atom. The van der Waals surface area contributed by atoms with Gasteiger partial charge in [-0.05, 0) is 46.6 Å². The molecule has 0 aliphatic rings. The Morgan fingerprint density at radius 1 is 1.60 bits per heavy atom. The highest BCUT2D eigenvalue weighted by molar-refractivity contribution is 9.10. The zero-order valence-corrected chi connectivity index (χ0v) is 9.75. The smallest absolute Gasteiger partial charge is 0.330 e. The van der Waals surface area contributed by atoms with Crippen molar-refractivity contribution in [1.29, 1.82) is 0 Å². The summed E-state index contributed by atoms with van der Waals surface area (Å²) in [7, 11) is 0. The predicted molar refractivity (Wildman–Crippen MR) is 59.8 cm³/mol. The van der Waals surface area contributed by atoms with Crippen LogP contribution >= 0.6 is 15.9 Å². The van der Waals surface area contributed by atoms with Crippen LogP contribution in [-0.4, -0.2) is 12.6 Å². The van der Waals surface area contributed by atoms with E-state index in [-0.39, 0.29) is 5.82 Å². The fourth-order valence-electron chi connectivity index (χ4n) is 0.971. The summed E-state index contributed by atoms with van der Waals surface area (Å²) in [5, 5.41) is 0. The van der Waals surface area contributed by atoms with Crippen molar-refractivity contribution in [2.45, 2.75) is 6.92 Å². The van der Waals surface area contributed by atoms with Crippen molar-refractivity contribution >= 4 is 28.0 Å². The standard InChI is InChI=1S/C11H10BrFO2/c1-2-15-11(14)6-4-8-3-5-9(12)10(13)7-8/h3-7H,2H2,1H3/b6-4+. The first-order valence-electron chi connectivity index (χ1n) is 4.43. The van der Waals surface area contributed by atoms with Crippen molar-refractivity contribution in [1.82, 2.24) is 0 Å². The van der Waals surface area contributed by atoms with Crippen LogP contribution in [0.25, 0.3) is 6.08 Å². The highest BCUT2D eigenvalue weighted by Crippen LogP contribution is 2.17. The van der Waals surface area contributed by atoms with E-state index in [0.29, 0.717) is 16.6 Å². The molecule has 4 heteroatoms. The molecule has 1 aromatic rings. The van der Waals surface area contributed by atoms with Gasteiger partial charge in [0, 0.05) is 6.08 Å². The lowest BCUT2D eigenvalue weighted by atomic mass is 10.2. The van der Waals surface area contributed by atoms with Gasteiger partial charge < -0.3 is 4.74 Å². The molecule has 0 saturated heterocycles. The Hall–Kier alpha value is -1.16. The first-order valence-corrected chi connectivity index (χ1v) is 5.22. The molecule has 0 bridgehead atoms. The van der Waals surface area contributed by atoms with Crippen molar-refractivity contribution in [3.05, 3.63) is 40.1 Å². The van der Waals surface area contributed by atoms with E-state index >= 15 is 0 Å². The second-order valence-electron chi connectivity index (χ2n) is 2.76. The van der Waals surface area contributed by atoms with E-state index in [0.717, 1.165) is 0 Å². The van der Waals surface area contributed by atoms with Crippen LogP contribution in [0.3, 0.4) is 0 Å². The van der Waals surface area contributed by atoms with Crippen molar-refractivity contribution in [2.24, 2.45) is 0 Å². The minimum absolute atomic E-state index is 0.331. The summed E-state index contributed by atoms with van der Waals surface area (Å²) in [6.45, 7) is 2.06. The second kappa shape index (κ2) is 5.66. The van der Waals surface area contributed by atoms with Crippen LogP contribution < -0.4 is 0 Å². The Balaban J connectivity index is 2.72. The number of halogens is 2. The average Bonchev–Trinajstić information content (AvgIpc) is 2.20. The average molecular weight is 273 g/mol. The third-order valence-electron chi connectivity index (χ3n) is 1.64. The summed E-state index contributed by atoms with van der Waals surface area (Å²) in [5.41, 5.74) is 0.615. The monoisotopic (exact) mass is 272 g/mol. The molecule has 0 aromatic heterocycles. The maximum absolute atomic E-state index is 13.1. The van der Waals surface area contributed by atoms with E-state index in [1.54, 1.807) is 19.1 Å². The normalized spacial score (nSPS) is 10.6. The largest absolute Gasteiger partial charge is 0.463 e. The first-order chi connectivity index (χ1) is 7.13. The molecule has 0 heterocycles. The van der Waals surface area contributed by atoms with Crippen LogP contribution in [-0.2, 0) is 9.53 Å². The third kappa shape index (κ3) is 3.83. The van der Waals surface area contributed by atoms with E-state index < -0.39 is 5.97 Å². The second-order valence-corrected chi connectivity index (χ2v) is 3.61. The van der Waals surface area contributed by atoms with Crippen molar-refractivity contribution < 1.29 is 13.9 Å². The predicted octanol–water partition coefficient (Wildman–Crippen LogP) is 3.16. The summed E-state index contributed by atoms with van der Waals surface area (Å²) in [6.07, 6.45) is 2.78. The topological polar surface area (TPSA) is 26.3 Å². The van der Waals surface area contributed by atoms with Gasteiger partial charge in [-0.1, -0.05) is 6.07 Å². The minimum atomic E-state index is -0.430. The highest BCUT2D eigenvalue weighted by Gasteiger charge is 1.99. The molecule has 0 radical (unpaired) electrons. The Labute approximate surface area is 95.9 Å². The first kappa shape index (κ1) is 11.9. The van der Waals surface area contributed by atoms with Gasteiger partial charge in [-0.15, -0.1) is 0 Å². The number of rotatable bonds is 3. The lowest BCUT2D eigenvalue weighted by molar-refractivity contribution is -0.137. The summed E-state index contributed by atoms with van der Waals surface area (Å²) in [6, 6.07) is 4.61. The third-order valence-corrected chi connectivity index (χ3v) is 2.29. The van der Waals surface area contributed by atoms with E-state index in [2.05, 4.69) is 20.7 Å². The molecule has 0 aliphatic heterocycles. The van der Waals surface area contributed by atoms with Crippen LogP contribution in [0.4, 0.5) is 4.39 Å². The zero-order chi connectivity index (χ0) is 11.3. The van der Waals surface area contributed by atoms with E-state index in [1.807, 2.05) is 0 Å². The maximum atomic E-state index is 13.1. The van der Waals surface area contributed by atoms with Gasteiger partial charge in [0.1, 0.15) is 5.82 Å². The molecule has 2 nitrogen and oxygen atoms in total. The van der Waals surface area contributed by atoms with E-state index in [1.165, 1.54) is 18.2 Å². The lowest BCUT2D eigenvalue weighted by Gasteiger charge is -1.97. The van der Waals surface area contributed by atoms with E-state index in [4.69, 9.17) is 0 Å². The molecule has 0 spiro atoms. The number of benzene rings is 1. The molecule has 0 N–H and O–H groups in total. The molecule has 0 atom stereocenters.